The molecule has 0 aliphatic rings. The van der Waals surface area contributed by atoms with Crippen molar-refractivity contribution < 1.29 is 9.53 Å². The monoisotopic (exact) mass is 517 g/mol. The Hall–Kier alpha value is -4.71. The maximum absolute atomic E-state index is 14.2. The largest absolute Gasteiger partial charge is 0.497 e. The van der Waals surface area contributed by atoms with Crippen LogP contribution in [0.5, 0.6) is 5.75 Å². The highest BCUT2D eigenvalue weighted by molar-refractivity contribution is 5.95. The number of para-hydroxylation sites is 2. The number of rotatable bonds is 9. The number of nitrogens with zero attached hydrogens (tertiary/aromatic N) is 3. The van der Waals surface area contributed by atoms with E-state index in [1.54, 1.807) is 29.9 Å². The molecule has 0 bridgehead atoms. The molecule has 4 aromatic carbocycles. The lowest BCUT2D eigenvalue weighted by atomic mass is 10.1. The topological polar surface area (TPSA) is 64.4 Å². The molecule has 0 saturated heterocycles. The van der Waals surface area contributed by atoms with Crippen molar-refractivity contribution in [3.05, 3.63) is 136 Å². The maximum Gasteiger partial charge on any atom is 0.266 e. The molecule has 5 aromatic rings. The van der Waals surface area contributed by atoms with Crippen LogP contribution >= 0.6 is 0 Å². The van der Waals surface area contributed by atoms with Gasteiger partial charge >= 0.3 is 0 Å². The van der Waals surface area contributed by atoms with Gasteiger partial charge in [-0.3, -0.25) is 14.2 Å². The first kappa shape index (κ1) is 25.9. The minimum Gasteiger partial charge on any atom is -0.497 e. The maximum atomic E-state index is 14.2. The van der Waals surface area contributed by atoms with Crippen LogP contribution in [0.1, 0.15) is 41.1 Å². The zero-order valence-corrected chi connectivity index (χ0v) is 22.2. The van der Waals surface area contributed by atoms with Gasteiger partial charge in [-0.2, -0.15) is 0 Å². The van der Waals surface area contributed by atoms with Gasteiger partial charge < -0.3 is 9.64 Å². The second kappa shape index (κ2) is 11.8. The Kier molecular flexibility index (Phi) is 7.83. The highest BCUT2D eigenvalue weighted by atomic mass is 16.5. The van der Waals surface area contributed by atoms with Crippen LogP contribution in [-0.2, 0) is 6.42 Å². The molecule has 6 nitrogen and oxygen atoms in total. The Morgan fingerprint density at radius 2 is 1.59 bits per heavy atom. The van der Waals surface area contributed by atoms with Crippen LogP contribution in [0.25, 0.3) is 16.6 Å². The van der Waals surface area contributed by atoms with Crippen LogP contribution in [0.15, 0.2) is 114 Å². The molecule has 1 atom stereocenters. The lowest BCUT2D eigenvalue weighted by Gasteiger charge is -2.32. The van der Waals surface area contributed by atoms with Crippen LogP contribution in [0, 0.1) is 0 Å². The van der Waals surface area contributed by atoms with Crippen molar-refractivity contribution >= 4 is 16.8 Å². The summed E-state index contributed by atoms with van der Waals surface area (Å²) in [5.41, 5.74) is 2.82. The third kappa shape index (κ3) is 5.46. The summed E-state index contributed by atoms with van der Waals surface area (Å²) in [6, 6.07) is 33.7. The smallest absolute Gasteiger partial charge is 0.266 e. The van der Waals surface area contributed by atoms with Gasteiger partial charge in [0.2, 0.25) is 0 Å². The number of hydrogen-bond acceptors (Lipinski definition) is 4. The van der Waals surface area contributed by atoms with E-state index in [1.165, 1.54) is 0 Å². The van der Waals surface area contributed by atoms with E-state index in [0.29, 0.717) is 53.1 Å². The number of amides is 1. The predicted molar refractivity (Wildman–Crippen MR) is 155 cm³/mol. The molecular weight excluding hydrogens is 486 g/mol. The quantitative estimate of drug-likeness (QED) is 0.233. The van der Waals surface area contributed by atoms with Gasteiger partial charge in [-0.15, -0.1) is 0 Å². The third-order valence-corrected chi connectivity index (χ3v) is 6.94. The van der Waals surface area contributed by atoms with Crippen molar-refractivity contribution in [1.82, 2.24) is 14.5 Å². The Bertz CT molecular complexity index is 1630. The molecular formula is C33H31N3O3. The second-order valence-electron chi connectivity index (χ2n) is 9.35. The average Bonchev–Trinajstić information content (AvgIpc) is 3.00. The summed E-state index contributed by atoms with van der Waals surface area (Å²) in [6.07, 6.45) is 1.23. The molecule has 0 radical (unpaired) electrons. The first-order chi connectivity index (χ1) is 19.1. The number of benzene rings is 4. The summed E-state index contributed by atoms with van der Waals surface area (Å²) in [6.45, 7) is 2.48. The van der Waals surface area contributed by atoms with E-state index in [4.69, 9.17) is 9.72 Å². The molecule has 1 amide bonds. The summed E-state index contributed by atoms with van der Waals surface area (Å²) in [5, 5.41) is 0.537. The highest BCUT2D eigenvalue weighted by Gasteiger charge is 2.30. The first-order valence-corrected chi connectivity index (χ1v) is 13.2. The molecule has 6 heteroatoms. The van der Waals surface area contributed by atoms with Gasteiger partial charge in [-0.1, -0.05) is 73.7 Å². The Labute approximate surface area is 228 Å². The van der Waals surface area contributed by atoms with Crippen molar-refractivity contribution in [3.8, 4) is 11.4 Å². The minimum absolute atomic E-state index is 0.140. The fraction of sp³-hybridized carbons (Fsp3) is 0.182. The van der Waals surface area contributed by atoms with Gasteiger partial charge in [0, 0.05) is 12.1 Å². The molecule has 0 spiro atoms. The predicted octanol–water partition coefficient (Wildman–Crippen LogP) is 6.23. The fourth-order valence-corrected chi connectivity index (χ4v) is 4.96. The van der Waals surface area contributed by atoms with Crippen molar-refractivity contribution in [2.75, 3.05) is 13.7 Å². The molecule has 1 aromatic heterocycles. The summed E-state index contributed by atoms with van der Waals surface area (Å²) >= 11 is 0. The summed E-state index contributed by atoms with van der Waals surface area (Å²) in [4.78, 5) is 34.9. The lowest BCUT2D eigenvalue weighted by molar-refractivity contribution is 0.0661. The molecule has 196 valence electrons. The van der Waals surface area contributed by atoms with Gasteiger partial charge in [0.05, 0.1) is 29.7 Å². The molecule has 5 rings (SSSR count). The number of methoxy groups -OCH3 is 1. The van der Waals surface area contributed by atoms with E-state index >= 15 is 0 Å². The number of aromatic nitrogens is 2. The first-order valence-electron chi connectivity index (χ1n) is 13.2. The molecule has 0 aliphatic carbocycles. The van der Waals surface area contributed by atoms with Crippen LogP contribution in [0.4, 0.5) is 0 Å². The van der Waals surface area contributed by atoms with E-state index in [1.807, 2.05) is 90.7 Å². The number of carbonyl (C=O) groups is 1. The molecule has 0 aliphatic heterocycles. The highest BCUT2D eigenvalue weighted by Crippen LogP contribution is 2.28. The molecule has 1 unspecified atom stereocenters. The second-order valence-corrected chi connectivity index (χ2v) is 9.35. The zero-order chi connectivity index (χ0) is 27.2. The molecule has 0 N–H and O–H groups in total. The van der Waals surface area contributed by atoms with E-state index in [2.05, 4.69) is 12.1 Å². The number of ether oxygens (including phenoxy) is 1. The summed E-state index contributed by atoms with van der Waals surface area (Å²) in [5.74, 6) is 1.01. The lowest BCUT2D eigenvalue weighted by Crippen LogP contribution is -2.39. The van der Waals surface area contributed by atoms with Crippen LogP contribution < -0.4 is 10.3 Å². The zero-order valence-electron chi connectivity index (χ0n) is 22.2. The summed E-state index contributed by atoms with van der Waals surface area (Å²) < 4.78 is 7.06. The van der Waals surface area contributed by atoms with Crippen LogP contribution in [0.3, 0.4) is 0 Å². The Morgan fingerprint density at radius 3 is 2.31 bits per heavy atom. The van der Waals surface area contributed by atoms with E-state index in [9.17, 15) is 9.59 Å². The van der Waals surface area contributed by atoms with Crippen molar-refractivity contribution in [2.45, 2.75) is 25.8 Å². The Morgan fingerprint density at radius 1 is 0.897 bits per heavy atom. The third-order valence-electron chi connectivity index (χ3n) is 6.94. The average molecular weight is 518 g/mol. The van der Waals surface area contributed by atoms with E-state index in [-0.39, 0.29) is 11.5 Å². The number of hydrogen-bond donors (Lipinski definition) is 0. The summed E-state index contributed by atoms with van der Waals surface area (Å²) in [7, 11) is 1.59. The standard InChI is InChI=1S/C33H31N3O3/c1-3-30(31-34-29-20-11-10-19-28(29)33(38)36(31)26-16-8-5-9-17-26)35(22-21-24-13-6-4-7-14-24)32(37)25-15-12-18-27(23-25)39-2/h4-20,23,30H,3,21-22H2,1-2H3. The van der Waals surface area contributed by atoms with Crippen molar-refractivity contribution in [1.29, 1.82) is 0 Å². The van der Waals surface area contributed by atoms with Gasteiger partial charge in [-0.05, 0) is 60.9 Å². The van der Waals surface area contributed by atoms with Crippen LogP contribution in [-0.4, -0.2) is 34.0 Å². The van der Waals surface area contributed by atoms with Crippen molar-refractivity contribution in [3.63, 3.8) is 0 Å². The molecule has 1 heterocycles. The molecule has 0 saturated carbocycles. The molecule has 0 fully saturated rings. The van der Waals surface area contributed by atoms with Crippen LogP contribution in [0.2, 0.25) is 0 Å². The van der Waals surface area contributed by atoms with Crippen molar-refractivity contribution in [2.24, 2.45) is 0 Å². The molecule has 39 heavy (non-hydrogen) atoms. The van der Waals surface area contributed by atoms with Gasteiger partial charge in [0.15, 0.2) is 0 Å². The van der Waals surface area contributed by atoms with Gasteiger partial charge in [0.1, 0.15) is 11.6 Å². The normalized spacial score (nSPS) is 11.7. The van der Waals surface area contributed by atoms with Gasteiger partial charge in [-0.25, -0.2) is 4.98 Å². The van der Waals surface area contributed by atoms with E-state index in [0.717, 1.165) is 5.56 Å². The van der Waals surface area contributed by atoms with Gasteiger partial charge in [0.25, 0.3) is 11.5 Å². The SMILES string of the molecule is CCC(c1nc2ccccc2c(=O)n1-c1ccccc1)N(CCc1ccccc1)C(=O)c1cccc(OC)c1. The van der Waals surface area contributed by atoms with E-state index < -0.39 is 6.04 Å². The number of carbonyl (C=O) groups excluding carboxylic acids is 1. The Balaban J connectivity index is 1.67. The minimum atomic E-state index is -0.454. The number of fused-ring (bicyclic) bond motifs is 1. The fourth-order valence-electron chi connectivity index (χ4n) is 4.96.